The molecule has 1 heterocycles. The second-order valence-corrected chi connectivity index (χ2v) is 7.02. The van der Waals surface area contributed by atoms with Gasteiger partial charge in [0.15, 0.2) is 5.13 Å². The number of hydrogen-bond donors (Lipinski definition) is 1. The zero-order valence-electron chi connectivity index (χ0n) is 13.6. The number of para-hydroxylation sites is 1. The first-order valence-corrected chi connectivity index (χ1v) is 9.13. The van der Waals surface area contributed by atoms with Crippen LogP contribution in [0.4, 0.5) is 10.8 Å². The minimum atomic E-state index is -0.442. The molecule has 0 spiro atoms. The minimum Gasteiger partial charge on any atom is -0.458 e. The Morgan fingerprint density at radius 3 is 2.44 bits per heavy atom. The van der Waals surface area contributed by atoms with E-state index in [1.807, 2.05) is 66.0 Å². The quantitative estimate of drug-likeness (QED) is 0.657. The molecule has 2 aromatic carbocycles. The molecule has 1 aliphatic rings. The molecule has 1 aromatic heterocycles. The molecule has 0 unspecified atom stereocenters. The monoisotopic (exact) mass is 350 g/mol. The largest absolute Gasteiger partial charge is 0.458 e. The van der Waals surface area contributed by atoms with Crippen molar-refractivity contribution in [3.05, 3.63) is 77.3 Å². The lowest BCUT2D eigenvalue weighted by atomic mass is 9.96. The standard InChI is InChI=1S/C20H18N2O2S/c23-18(20(11-12-20)15-7-3-1-4-8-15)24-13-17-14-25-19(22-17)21-16-9-5-2-6-10-16/h1-10,14H,11-13H2,(H,21,22). The van der Waals surface area contributed by atoms with Gasteiger partial charge in [0.25, 0.3) is 0 Å². The highest BCUT2D eigenvalue weighted by Gasteiger charge is 2.52. The molecule has 1 saturated carbocycles. The summed E-state index contributed by atoms with van der Waals surface area (Å²) in [5.74, 6) is -0.149. The molecule has 4 nitrogen and oxygen atoms in total. The number of aromatic nitrogens is 1. The fourth-order valence-electron chi connectivity index (χ4n) is 2.85. The predicted octanol–water partition coefficient (Wildman–Crippen LogP) is 4.66. The van der Waals surface area contributed by atoms with Crippen LogP contribution in [0.25, 0.3) is 0 Å². The lowest BCUT2D eigenvalue weighted by molar-refractivity contribution is -0.148. The summed E-state index contributed by atoms with van der Waals surface area (Å²) in [6, 6.07) is 19.8. The third-order valence-electron chi connectivity index (χ3n) is 4.40. The van der Waals surface area contributed by atoms with Crippen molar-refractivity contribution in [3.63, 3.8) is 0 Å². The van der Waals surface area contributed by atoms with Gasteiger partial charge in [0.2, 0.25) is 0 Å². The van der Waals surface area contributed by atoms with E-state index in [1.165, 1.54) is 11.3 Å². The first-order chi connectivity index (χ1) is 12.3. The van der Waals surface area contributed by atoms with E-state index >= 15 is 0 Å². The molecule has 1 N–H and O–H groups in total. The van der Waals surface area contributed by atoms with Crippen LogP contribution in [0, 0.1) is 0 Å². The number of nitrogens with one attached hydrogen (secondary N) is 1. The van der Waals surface area contributed by atoms with Gasteiger partial charge in [-0.15, -0.1) is 11.3 Å². The van der Waals surface area contributed by atoms with Gasteiger partial charge in [-0.2, -0.15) is 0 Å². The molecule has 25 heavy (non-hydrogen) atoms. The van der Waals surface area contributed by atoms with Crippen molar-refractivity contribution < 1.29 is 9.53 Å². The van der Waals surface area contributed by atoms with Crippen molar-refractivity contribution in [2.45, 2.75) is 24.9 Å². The van der Waals surface area contributed by atoms with E-state index in [0.29, 0.717) is 0 Å². The van der Waals surface area contributed by atoms with Gasteiger partial charge in [-0.1, -0.05) is 48.5 Å². The predicted molar refractivity (Wildman–Crippen MR) is 99.0 cm³/mol. The average molecular weight is 350 g/mol. The normalized spacial score (nSPS) is 14.7. The number of hydrogen-bond acceptors (Lipinski definition) is 5. The molecule has 0 radical (unpaired) electrons. The number of esters is 1. The summed E-state index contributed by atoms with van der Waals surface area (Å²) in [7, 11) is 0. The molecule has 1 fully saturated rings. The molecule has 0 atom stereocenters. The fraction of sp³-hybridized carbons (Fsp3) is 0.200. The Hall–Kier alpha value is -2.66. The van der Waals surface area contributed by atoms with Crippen LogP contribution in [0.2, 0.25) is 0 Å². The van der Waals surface area contributed by atoms with E-state index in [0.717, 1.165) is 34.9 Å². The number of rotatable bonds is 6. The number of anilines is 2. The maximum Gasteiger partial charge on any atom is 0.316 e. The summed E-state index contributed by atoms with van der Waals surface area (Å²) in [6.07, 6.45) is 1.71. The molecule has 4 rings (SSSR count). The van der Waals surface area contributed by atoms with Crippen LogP contribution < -0.4 is 5.32 Å². The Morgan fingerprint density at radius 1 is 1.08 bits per heavy atom. The van der Waals surface area contributed by atoms with Gasteiger partial charge in [-0.25, -0.2) is 4.98 Å². The molecular formula is C20H18N2O2S. The molecule has 5 heteroatoms. The Bertz CT molecular complexity index is 858. The highest BCUT2D eigenvalue weighted by atomic mass is 32.1. The first kappa shape index (κ1) is 15.8. The van der Waals surface area contributed by atoms with Crippen molar-refractivity contribution >= 4 is 28.1 Å². The van der Waals surface area contributed by atoms with E-state index in [4.69, 9.17) is 4.74 Å². The SMILES string of the molecule is O=C(OCc1csc(Nc2ccccc2)n1)C1(c2ccccc2)CC1. The maximum atomic E-state index is 12.5. The van der Waals surface area contributed by atoms with E-state index in [1.54, 1.807) is 0 Å². The molecular weight excluding hydrogens is 332 g/mol. The van der Waals surface area contributed by atoms with Crippen molar-refractivity contribution in [3.8, 4) is 0 Å². The topological polar surface area (TPSA) is 51.2 Å². The number of benzene rings is 2. The molecule has 126 valence electrons. The van der Waals surface area contributed by atoms with E-state index in [9.17, 15) is 4.79 Å². The highest BCUT2D eigenvalue weighted by molar-refractivity contribution is 7.13. The smallest absolute Gasteiger partial charge is 0.316 e. The Morgan fingerprint density at radius 2 is 1.76 bits per heavy atom. The summed E-state index contributed by atoms with van der Waals surface area (Å²) in [5, 5.41) is 5.96. The van der Waals surface area contributed by atoms with E-state index in [2.05, 4.69) is 10.3 Å². The van der Waals surface area contributed by atoms with Crippen molar-refractivity contribution in [2.75, 3.05) is 5.32 Å². The summed E-state index contributed by atoms with van der Waals surface area (Å²) in [5.41, 5.74) is 2.36. The third kappa shape index (κ3) is 3.42. The number of carbonyl (C=O) groups is 1. The number of carbonyl (C=O) groups excluding carboxylic acids is 1. The van der Waals surface area contributed by atoms with Crippen LogP contribution in [0.5, 0.6) is 0 Å². The van der Waals surface area contributed by atoms with Gasteiger partial charge < -0.3 is 10.1 Å². The summed E-state index contributed by atoms with van der Waals surface area (Å²) >= 11 is 1.50. The number of thiazole rings is 1. The molecule has 0 bridgehead atoms. The van der Waals surface area contributed by atoms with Gasteiger partial charge in [-0.3, -0.25) is 4.79 Å². The molecule has 3 aromatic rings. The van der Waals surface area contributed by atoms with Gasteiger partial charge in [0, 0.05) is 11.1 Å². The van der Waals surface area contributed by atoms with Crippen molar-refractivity contribution in [1.29, 1.82) is 0 Å². The number of ether oxygens (including phenoxy) is 1. The molecule has 0 amide bonds. The third-order valence-corrected chi connectivity index (χ3v) is 5.20. The summed E-state index contributed by atoms with van der Waals surface area (Å²) in [6.45, 7) is 0.209. The Balaban J connectivity index is 1.37. The van der Waals surface area contributed by atoms with Crippen LogP contribution in [0.1, 0.15) is 24.1 Å². The zero-order valence-corrected chi connectivity index (χ0v) is 14.5. The minimum absolute atomic E-state index is 0.149. The lowest BCUT2D eigenvalue weighted by Crippen LogP contribution is -2.23. The average Bonchev–Trinajstić information content (AvgIpc) is 3.36. The zero-order chi connectivity index (χ0) is 17.1. The van der Waals surface area contributed by atoms with Gasteiger partial charge >= 0.3 is 5.97 Å². The van der Waals surface area contributed by atoms with E-state index < -0.39 is 5.41 Å². The van der Waals surface area contributed by atoms with Crippen molar-refractivity contribution in [2.24, 2.45) is 0 Å². The Kier molecular flexibility index (Phi) is 4.24. The summed E-state index contributed by atoms with van der Waals surface area (Å²) in [4.78, 5) is 17.0. The molecule has 1 aliphatic carbocycles. The van der Waals surface area contributed by atoms with Gasteiger partial charge in [0.1, 0.15) is 6.61 Å². The van der Waals surface area contributed by atoms with E-state index in [-0.39, 0.29) is 12.6 Å². The molecule has 0 saturated heterocycles. The maximum absolute atomic E-state index is 12.5. The van der Waals surface area contributed by atoms with Gasteiger partial charge in [0.05, 0.1) is 11.1 Å². The second kappa shape index (κ2) is 6.69. The lowest BCUT2D eigenvalue weighted by Gasteiger charge is -2.14. The molecule has 0 aliphatic heterocycles. The van der Waals surface area contributed by atoms with Crippen LogP contribution in [0.15, 0.2) is 66.0 Å². The van der Waals surface area contributed by atoms with Crippen LogP contribution >= 0.6 is 11.3 Å². The van der Waals surface area contributed by atoms with Crippen LogP contribution in [-0.2, 0) is 21.6 Å². The number of nitrogens with zero attached hydrogens (tertiary/aromatic N) is 1. The summed E-state index contributed by atoms with van der Waals surface area (Å²) < 4.78 is 5.55. The van der Waals surface area contributed by atoms with Gasteiger partial charge in [-0.05, 0) is 30.5 Å². The highest BCUT2D eigenvalue weighted by Crippen LogP contribution is 2.49. The van der Waals surface area contributed by atoms with Crippen LogP contribution in [0.3, 0.4) is 0 Å². The van der Waals surface area contributed by atoms with Crippen LogP contribution in [-0.4, -0.2) is 11.0 Å². The first-order valence-electron chi connectivity index (χ1n) is 8.25. The second-order valence-electron chi connectivity index (χ2n) is 6.16. The van der Waals surface area contributed by atoms with Crippen molar-refractivity contribution in [1.82, 2.24) is 4.98 Å². The fourth-order valence-corrected chi connectivity index (χ4v) is 3.56. The Labute approximate surface area is 150 Å².